The van der Waals surface area contributed by atoms with Crippen LogP contribution in [0.2, 0.25) is 0 Å². The predicted molar refractivity (Wildman–Crippen MR) is 77.7 cm³/mol. The molecule has 0 spiro atoms. The molecule has 3 heteroatoms. The Balaban J connectivity index is 1.67. The van der Waals surface area contributed by atoms with E-state index in [9.17, 15) is 4.39 Å². The van der Waals surface area contributed by atoms with Crippen LogP contribution in [0.15, 0.2) is 18.2 Å². The van der Waals surface area contributed by atoms with Crippen molar-refractivity contribution in [2.45, 2.75) is 45.2 Å². The third-order valence-electron chi connectivity index (χ3n) is 4.14. The van der Waals surface area contributed by atoms with Crippen LogP contribution in [0.4, 0.5) is 4.39 Å². The topological polar surface area (TPSA) is 15.3 Å². The number of halogens is 1. The lowest BCUT2D eigenvalue weighted by Crippen LogP contribution is -2.35. The van der Waals surface area contributed by atoms with E-state index in [0.29, 0.717) is 0 Å². The van der Waals surface area contributed by atoms with Crippen LogP contribution >= 0.6 is 0 Å². The van der Waals surface area contributed by atoms with Crippen LogP contribution in [0, 0.1) is 12.7 Å². The lowest BCUT2D eigenvalue weighted by molar-refractivity contribution is 0.245. The van der Waals surface area contributed by atoms with Crippen LogP contribution in [0.1, 0.15) is 36.8 Å². The largest absolute Gasteiger partial charge is 0.311 e. The molecule has 1 aromatic rings. The van der Waals surface area contributed by atoms with Gasteiger partial charge in [0.25, 0.3) is 0 Å². The van der Waals surface area contributed by atoms with Gasteiger partial charge in [-0.3, -0.25) is 0 Å². The highest BCUT2D eigenvalue weighted by Gasteiger charge is 2.18. The first-order valence-corrected chi connectivity index (χ1v) is 7.33. The number of likely N-dealkylation sites (N-methyl/N-ethyl adjacent to an activating group) is 1. The van der Waals surface area contributed by atoms with Crippen molar-refractivity contribution in [3.63, 3.8) is 0 Å². The predicted octanol–water partition coefficient (Wildman–Crippen LogP) is 3.10. The van der Waals surface area contributed by atoms with Crippen LogP contribution < -0.4 is 5.32 Å². The third kappa shape index (κ3) is 4.29. The third-order valence-corrected chi connectivity index (χ3v) is 4.14. The Morgan fingerprint density at radius 1 is 1.32 bits per heavy atom. The quantitative estimate of drug-likeness (QED) is 0.794. The number of nitrogens with one attached hydrogen (secondary N) is 1. The molecule has 1 aliphatic rings. The van der Waals surface area contributed by atoms with Crippen LogP contribution in [0.5, 0.6) is 0 Å². The van der Waals surface area contributed by atoms with Gasteiger partial charge in [0.2, 0.25) is 0 Å². The molecule has 0 aromatic heterocycles. The van der Waals surface area contributed by atoms with Crippen LogP contribution in [0.3, 0.4) is 0 Å². The van der Waals surface area contributed by atoms with Crippen molar-refractivity contribution in [3.8, 4) is 0 Å². The molecular formula is C16H25FN2. The molecule has 0 heterocycles. The molecule has 1 fully saturated rings. The summed E-state index contributed by atoms with van der Waals surface area (Å²) in [4.78, 5) is 2.47. The second-order valence-corrected chi connectivity index (χ2v) is 5.68. The fourth-order valence-corrected chi connectivity index (χ4v) is 2.83. The van der Waals surface area contributed by atoms with Crippen molar-refractivity contribution in [2.24, 2.45) is 0 Å². The zero-order valence-corrected chi connectivity index (χ0v) is 12.1. The minimum atomic E-state index is -0.121. The fourth-order valence-electron chi connectivity index (χ4n) is 2.83. The first-order chi connectivity index (χ1) is 9.16. The Bertz CT molecular complexity index is 400. The van der Waals surface area contributed by atoms with E-state index in [1.54, 1.807) is 6.07 Å². The lowest BCUT2D eigenvalue weighted by atomic mass is 10.1. The second-order valence-electron chi connectivity index (χ2n) is 5.68. The van der Waals surface area contributed by atoms with Gasteiger partial charge in [0.05, 0.1) is 0 Å². The van der Waals surface area contributed by atoms with E-state index >= 15 is 0 Å². The average molecular weight is 264 g/mol. The molecule has 0 aliphatic heterocycles. The van der Waals surface area contributed by atoms with Crippen molar-refractivity contribution in [3.05, 3.63) is 35.1 Å². The normalized spacial score (nSPS) is 16.4. The van der Waals surface area contributed by atoms with Crippen molar-refractivity contribution in [1.29, 1.82) is 0 Å². The summed E-state index contributed by atoms with van der Waals surface area (Å²) in [6, 6.07) is 6.12. The summed E-state index contributed by atoms with van der Waals surface area (Å²) < 4.78 is 13.1. The summed E-state index contributed by atoms with van der Waals surface area (Å²) in [5.74, 6) is -0.121. The Labute approximate surface area is 116 Å². The number of hydrogen-bond donors (Lipinski definition) is 1. The highest BCUT2D eigenvalue weighted by Crippen LogP contribution is 2.21. The maximum absolute atomic E-state index is 13.1. The number of benzene rings is 1. The van der Waals surface area contributed by atoms with Gasteiger partial charge >= 0.3 is 0 Å². The van der Waals surface area contributed by atoms with Gasteiger partial charge in [0, 0.05) is 25.7 Å². The molecule has 0 atom stereocenters. The molecule has 0 saturated heterocycles. The van der Waals surface area contributed by atoms with Gasteiger partial charge in [0.15, 0.2) is 0 Å². The molecule has 0 amide bonds. The van der Waals surface area contributed by atoms with E-state index < -0.39 is 0 Å². The molecule has 1 N–H and O–H groups in total. The molecule has 19 heavy (non-hydrogen) atoms. The summed E-state index contributed by atoms with van der Waals surface area (Å²) in [5.41, 5.74) is 1.88. The number of hydrogen-bond acceptors (Lipinski definition) is 2. The van der Waals surface area contributed by atoms with Gasteiger partial charge in [0.1, 0.15) is 5.82 Å². The molecule has 1 saturated carbocycles. The van der Waals surface area contributed by atoms with Crippen molar-refractivity contribution in [1.82, 2.24) is 10.2 Å². The summed E-state index contributed by atoms with van der Waals surface area (Å²) in [7, 11) is 2.22. The second kappa shape index (κ2) is 7.01. The summed E-state index contributed by atoms with van der Waals surface area (Å²) in [6.45, 7) is 4.71. The SMILES string of the molecule is Cc1cc(CNCCN(C)C2CCCC2)ccc1F. The van der Waals surface area contributed by atoms with Gasteiger partial charge < -0.3 is 10.2 Å². The van der Waals surface area contributed by atoms with Crippen molar-refractivity contribution < 1.29 is 4.39 Å². The lowest BCUT2D eigenvalue weighted by Gasteiger charge is -2.24. The first-order valence-electron chi connectivity index (χ1n) is 7.33. The van der Waals surface area contributed by atoms with E-state index in [-0.39, 0.29) is 5.82 Å². The van der Waals surface area contributed by atoms with Gasteiger partial charge in [-0.2, -0.15) is 0 Å². The van der Waals surface area contributed by atoms with Gasteiger partial charge in [-0.25, -0.2) is 4.39 Å². The highest BCUT2D eigenvalue weighted by molar-refractivity contribution is 5.23. The van der Waals surface area contributed by atoms with E-state index in [4.69, 9.17) is 0 Å². The van der Waals surface area contributed by atoms with Crippen LogP contribution in [-0.4, -0.2) is 31.1 Å². The zero-order valence-electron chi connectivity index (χ0n) is 12.1. The monoisotopic (exact) mass is 264 g/mol. The fraction of sp³-hybridized carbons (Fsp3) is 0.625. The number of nitrogens with zero attached hydrogens (tertiary/aromatic N) is 1. The standard InChI is InChI=1S/C16H25FN2/c1-13-11-14(7-8-16(13)17)12-18-9-10-19(2)15-5-3-4-6-15/h7-8,11,15,18H,3-6,9-10,12H2,1-2H3. The first kappa shape index (κ1) is 14.5. The summed E-state index contributed by atoms with van der Waals surface area (Å²) in [5, 5.41) is 3.44. The molecule has 2 rings (SSSR count). The minimum absolute atomic E-state index is 0.121. The molecule has 2 nitrogen and oxygen atoms in total. The molecule has 106 valence electrons. The maximum Gasteiger partial charge on any atom is 0.126 e. The molecule has 0 unspecified atom stereocenters. The smallest absolute Gasteiger partial charge is 0.126 e. The Hall–Kier alpha value is -0.930. The molecule has 0 bridgehead atoms. The Morgan fingerprint density at radius 3 is 2.74 bits per heavy atom. The van der Waals surface area contributed by atoms with Gasteiger partial charge in [-0.05, 0) is 44.0 Å². The zero-order chi connectivity index (χ0) is 13.7. The maximum atomic E-state index is 13.1. The Kier molecular flexibility index (Phi) is 5.34. The molecule has 0 radical (unpaired) electrons. The molecular weight excluding hydrogens is 239 g/mol. The van der Waals surface area contributed by atoms with E-state index in [2.05, 4.69) is 17.3 Å². The molecule has 1 aromatic carbocycles. The number of rotatable bonds is 6. The highest BCUT2D eigenvalue weighted by atomic mass is 19.1. The van der Waals surface area contributed by atoms with E-state index in [0.717, 1.165) is 36.8 Å². The van der Waals surface area contributed by atoms with Crippen LogP contribution in [-0.2, 0) is 6.54 Å². The minimum Gasteiger partial charge on any atom is -0.311 e. The van der Waals surface area contributed by atoms with E-state index in [1.807, 2.05) is 19.1 Å². The average Bonchev–Trinajstić information content (AvgIpc) is 2.92. The number of aryl methyl sites for hydroxylation is 1. The summed E-state index contributed by atoms with van der Waals surface area (Å²) in [6.07, 6.45) is 5.48. The molecule has 1 aliphatic carbocycles. The van der Waals surface area contributed by atoms with Gasteiger partial charge in [-0.15, -0.1) is 0 Å². The van der Waals surface area contributed by atoms with Crippen LogP contribution in [0.25, 0.3) is 0 Å². The van der Waals surface area contributed by atoms with Gasteiger partial charge in [-0.1, -0.05) is 25.0 Å². The van der Waals surface area contributed by atoms with Crippen molar-refractivity contribution >= 4 is 0 Å². The summed E-state index contributed by atoms with van der Waals surface area (Å²) >= 11 is 0. The van der Waals surface area contributed by atoms with E-state index in [1.165, 1.54) is 25.7 Å². The Morgan fingerprint density at radius 2 is 2.05 bits per heavy atom. The van der Waals surface area contributed by atoms with Crippen molar-refractivity contribution in [2.75, 3.05) is 20.1 Å².